The molecule has 0 bridgehead atoms. The fourth-order valence-electron chi connectivity index (χ4n) is 2.05. The zero-order valence-electron chi connectivity index (χ0n) is 13.3. The molecular weight excluding hydrogens is 331 g/mol. The standard InChI is InChI=1S/C17H17FN2O3S/c1-12(2)23-16-8-7-13(9-15(16)18)11-20-24(21,22)17-6-4-3-5-14(17)10-19/h3-9,12,20H,11H2,1-2H3. The summed E-state index contributed by atoms with van der Waals surface area (Å²) in [6, 6.07) is 12.0. The third-order valence-electron chi connectivity index (χ3n) is 3.12. The molecule has 24 heavy (non-hydrogen) atoms. The number of hydrogen-bond acceptors (Lipinski definition) is 4. The lowest BCUT2D eigenvalue weighted by molar-refractivity contribution is 0.231. The van der Waals surface area contributed by atoms with E-state index in [9.17, 15) is 12.8 Å². The molecule has 0 saturated heterocycles. The predicted molar refractivity (Wildman–Crippen MR) is 87.3 cm³/mol. The van der Waals surface area contributed by atoms with Gasteiger partial charge < -0.3 is 4.74 Å². The molecule has 0 heterocycles. The quantitative estimate of drug-likeness (QED) is 0.870. The average Bonchev–Trinajstić information content (AvgIpc) is 2.55. The molecule has 0 fully saturated rings. The molecule has 2 aromatic carbocycles. The number of halogens is 1. The van der Waals surface area contributed by atoms with Crippen molar-refractivity contribution in [2.75, 3.05) is 0 Å². The van der Waals surface area contributed by atoms with Crippen LogP contribution >= 0.6 is 0 Å². The van der Waals surface area contributed by atoms with Crippen molar-refractivity contribution >= 4 is 10.0 Å². The van der Waals surface area contributed by atoms with Gasteiger partial charge in [-0.1, -0.05) is 18.2 Å². The Morgan fingerprint density at radius 2 is 1.96 bits per heavy atom. The molecule has 0 unspecified atom stereocenters. The second-order valence-corrected chi connectivity index (χ2v) is 7.10. The Morgan fingerprint density at radius 3 is 2.58 bits per heavy atom. The van der Waals surface area contributed by atoms with Crippen LogP contribution in [-0.4, -0.2) is 14.5 Å². The van der Waals surface area contributed by atoms with Crippen molar-refractivity contribution < 1.29 is 17.5 Å². The van der Waals surface area contributed by atoms with Crippen LogP contribution in [0.15, 0.2) is 47.4 Å². The van der Waals surface area contributed by atoms with Gasteiger partial charge in [0.2, 0.25) is 10.0 Å². The number of rotatable bonds is 6. The van der Waals surface area contributed by atoms with Gasteiger partial charge in [0.05, 0.1) is 16.6 Å². The summed E-state index contributed by atoms with van der Waals surface area (Å²) in [5.41, 5.74) is 0.499. The first kappa shape index (κ1) is 17.9. The lowest BCUT2D eigenvalue weighted by atomic mass is 10.2. The van der Waals surface area contributed by atoms with Crippen LogP contribution in [0.2, 0.25) is 0 Å². The summed E-state index contributed by atoms with van der Waals surface area (Å²) in [7, 11) is -3.87. The van der Waals surface area contributed by atoms with E-state index >= 15 is 0 Å². The van der Waals surface area contributed by atoms with Crippen molar-refractivity contribution in [2.45, 2.75) is 31.4 Å². The topological polar surface area (TPSA) is 79.2 Å². The Bertz CT molecular complexity index is 874. The zero-order valence-corrected chi connectivity index (χ0v) is 14.1. The summed E-state index contributed by atoms with van der Waals surface area (Å²) in [6.07, 6.45) is -0.161. The minimum Gasteiger partial charge on any atom is -0.488 e. The van der Waals surface area contributed by atoms with Crippen LogP contribution in [0.4, 0.5) is 4.39 Å². The van der Waals surface area contributed by atoms with Crippen molar-refractivity contribution in [3.05, 3.63) is 59.4 Å². The number of nitrogens with one attached hydrogen (secondary N) is 1. The smallest absolute Gasteiger partial charge is 0.242 e. The minimum absolute atomic E-state index is 0.0526. The van der Waals surface area contributed by atoms with Crippen LogP contribution in [-0.2, 0) is 16.6 Å². The Morgan fingerprint density at radius 1 is 1.25 bits per heavy atom. The van der Waals surface area contributed by atoms with Gasteiger partial charge >= 0.3 is 0 Å². The molecule has 0 aliphatic carbocycles. The van der Waals surface area contributed by atoms with E-state index in [2.05, 4.69) is 4.72 Å². The maximum absolute atomic E-state index is 13.9. The summed E-state index contributed by atoms with van der Waals surface area (Å²) >= 11 is 0. The molecule has 2 aromatic rings. The van der Waals surface area contributed by atoms with Crippen LogP contribution in [0.3, 0.4) is 0 Å². The lowest BCUT2D eigenvalue weighted by Gasteiger charge is -2.12. The molecule has 0 saturated carbocycles. The van der Waals surface area contributed by atoms with Gasteiger partial charge in [0, 0.05) is 6.54 Å². The van der Waals surface area contributed by atoms with E-state index < -0.39 is 15.8 Å². The first-order valence-corrected chi connectivity index (χ1v) is 8.75. The predicted octanol–water partition coefficient (Wildman–Crippen LogP) is 2.96. The molecule has 0 amide bonds. The van der Waals surface area contributed by atoms with Crippen LogP contribution < -0.4 is 9.46 Å². The highest BCUT2D eigenvalue weighted by Crippen LogP contribution is 2.20. The van der Waals surface area contributed by atoms with E-state index in [1.54, 1.807) is 26.0 Å². The number of benzene rings is 2. The Balaban J connectivity index is 2.15. The minimum atomic E-state index is -3.87. The second kappa shape index (κ2) is 7.43. The van der Waals surface area contributed by atoms with E-state index in [1.807, 2.05) is 6.07 Å². The first-order chi connectivity index (χ1) is 11.3. The SMILES string of the molecule is CC(C)Oc1ccc(CNS(=O)(=O)c2ccccc2C#N)cc1F. The lowest BCUT2D eigenvalue weighted by Crippen LogP contribution is -2.24. The highest BCUT2D eigenvalue weighted by molar-refractivity contribution is 7.89. The third-order valence-corrected chi connectivity index (χ3v) is 4.58. The number of nitrogens with zero attached hydrogens (tertiary/aromatic N) is 1. The maximum Gasteiger partial charge on any atom is 0.242 e. The highest BCUT2D eigenvalue weighted by atomic mass is 32.2. The Labute approximate surface area is 140 Å². The van der Waals surface area contributed by atoms with Gasteiger partial charge in [-0.15, -0.1) is 0 Å². The summed E-state index contributed by atoms with van der Waals surface area (Å²) in [5, 5.41) is 9.00. The molecule has 5 nitrogen and oxygen atoms in total. The van der Waals surface area contributed by atoms with Gasteiger partial charge in [-0.05, 0) is 43.7 Å². The van der Waals surface area contributed by atoms with Crippen LogP contribution in [0, 0.1) is 17.1 Å². The second-order valence-electron chi connectivity index (χ2n) is 5.36. The molecule has 0 atom stereocenters. The van der Waals surface area contributed by atoms with E-state index in [0.29, 0.717) is 5.56 Å². The summed E-state index contributed by atoms with van der Waals surface area (Å²) in [4.78, 5) is -0.104. The molecule has 7 heteroatoms. The molecule has 2 rings (SSSR count). The normalized spacial score (nSPS) is 11.3. The summed E-state index contributed by atoms with van der Waals surface area (Å²) < 4.78 is 46.2. The van der Waals surface area contributed by atoms with Gasteiger partial charge in [0.25, 0.3) is 0 Å². The van der Waals surface area contributed by atoms with Crippen LogP contribution in [0.1, 0.15) is 25.0 Å². The fraction of sp³-hybridized carbons (Fsp3) is 0.235. The number of nitriles is 1. The molecule has 0 aliphatic rings. The van der Waals surface area contributed by atoms with Crippen LogP contribution in [0.25, 0.3) is 0 Å². The average molecular weight is 348 g/mol. The summed E-state index contributed by atoms with van der Waals surface area (Å²) in [5.74, 6) is -0.441. The molecule has 0 aliphatic heterocycles. The van der Waals surface area contributed by atoms with Crippen molar-refractivity contribution in [3.8, 4) is 11.8 Å². The van der Waals surface area contributed by atoms with Gasteiger partial charge in [-0.2, -0.15) is 5.26 Å². The van der Waals surface area contributed by atoms with Gasteiger partial charge in [0.15, 0.2) is 11.6 Å². The highest BCUT2D eigenvalue weighted by Gasteiger charge is 2.18. The van der Waals surface area contributed by atoms with Gasteiger partial charge in [-0.3, -0.25) is 0 Å². The molecule has 0 aromatic heterocycles. The number of ether oxygens (including phenoxy) is 1. The van der Waals surface area contributed by atoms with E-state index in [1.165, 1.54) is 30.3 Å². The molecule has 1 N–H and O–H groups in total. The number of hydrogen-bond donors (Lipinski definition) is 1. The van der Waals surface area contributed by atoms with E-state index in [-0.39, 0.29) is 28.9 Å². The fourth-order valence-corrected chi connectivity index (χ4v) is 3.23. The Hall–Kier alpha value is -2.43. The van der Waals surface area contributed by atoms with E-state index in [4.69, 9.17) is 10.00 Å². The van der Waals surface area contributed by atoms with Crippen molar-refractivity contribution in [2.24, 2.45) is 0 Å². The number of sulfonamides is 1. The Kier molecular flexibility index (Phi) is 5.54. The van der Waals surface area contributed by atoms with Crippen LogP contribution in [0.5, 0.6) is 5.75 Å². The molecular formula is C17H17FN2O3S. The molecule has 0 radical (unpaired) electrons. The van der Waals surface area contributed by atoms with E-state index in [0.717, 1.165) is 0 Å². The first-order valence-electron chi connectivity index (χ1n) is 7.27. The van der Waals surface area contributed by atoms with Gasteiger partial charge in [-0.25, -0.2) is 17.5 Å². The van der Waals surface area contributed by atoms with Gasteiger partial charge in [0.1, 0.15) is 6.07 Å². The molecule has 126 valence electrons. The van der Waals surface area contributed by atoms with Crippen molar-refractivity contribution in [3.63, 3.8) is 0 Å². The zero-order chi connectivity index (χ0) is 17.7. The van der Waals surface area contributed by atoms with Crippen molar-refractivity contribution in [1.29, 1.82) is 5.26 Å². The maximum atomic E-state index is 13.9. The summed E-state index contributed by atoms with van der Waals surface area (Å²) in [6.45, 7) is 3.48. The third kappa shape index (κ3) is 4.31. The van der Waals surface area contributed by atoms with Crippen molar-refractivity contribution in [1.82, 2.24) is 4.72 Å². The monoisotopic (exact) mass is 348 g/mol. The molecule has 0 spiro atoms. The largest absolute Gasteiger partial charge is 0.488 e.